The molecule has 0 atom stereocenters. The van der Waals surface area contributed by atoms with Crippen LogP contribution in [0.2, 0.25) is 0 Å². The van der Waals surface area contributed by atoms with Gasteiger partial charge in [-0.1, -0.05) is 53.7 Å². The van der Waals surface area contributed by atoms with Gasteiger partial charge in [-0.2, -0.15) is 5.10 Å². The van der Waals surface area contributed by atoms with E-state index in [1.165, 1.54) is 11.8 Å². The summed E-state index contributed by atoms with van der Waals surface area (Å²) in [6, 6.07) is 15.8. The molecule has 1 amide bonds. The summed E-state index contributed by atoms with van der Waals surface area (Å²) < 4.78 is 1.99. The number of hydrazone groups is 1. The Balaban J connectivity index is 1.56. The summed E-state index contributed by atoms with van der Waals surface area (Å²) in [6.45, 7) is 2.02. The van der Waals surface area contributed by atoms with Crippen molar-refractivity contribution in [3.8, 4) is 0 Å². The summed E-state index contributed by atoms with van der Waals surface area (Å²) in [5, 5.41) is 4.81. The highest BCUT2D eigenvalue weighted by Crippen LogP contribution is 2.22. The Morgan fingerprint density at radius 1 is 1.29 bits per heavy atom. The summed E-state index contributed by atoms with van der Waals surface area (Å²) in [7, 11) is 1.95. The van der Waals surface area contributed by atoms with Crippen molar-refractivity contribution >= 4 is 34.9 Å². The van der Waals surface area contributed by atoms with E-state index >= 15 is 0 Å². The van der Waals surface area contributed by atoms with Gasteiger partial charge in [0.25, 0.3) is 5.91 Å². The Hall–Kier alpha value is -2.60. The van der Waals surface area contributed by atoms with Gasteiger partial charge >= 0.3 is 0 Å². The smallest absolute Gasteiger partial charge is 0.250 e. The second-order valence-corrected chi connectivity index (χ2v) is 6.38. The lowest BCUT2D eigenvalue weighted by Gasteiger charge is -2.01. The van der Waals surface area contributed by atoms with Crippen LogP contribution in [0.15, 0.2) is 58.8 Å². The van der Waals surface area contributed by atoms with E-state index < -0.39 is 0 Å². The molecule has 1 heterocycles. The number of hydrogen-bond donors (Lipinski definition) is 1. The van der Waals surface area contributed by atoms with Crippen LogP contribution in [0.25, 0.3) is 11.0 Å². The van der Waals surface area contributed by atoms with E-state index in [-0.39, 0.29) is 11.7 Å². The van der Waals surface area contributed by atoms with Gasteiger partial charge < -0.3 is 4.57 Å². The molecule has 24 heavy (non-hydrogen) atoms. The van der Waals surface area contributed by atoms with Crippen molar-refractivity contribution in [3.63, 3.8) is 0 Å². The minimum atomic E-state index is -0.157. The summed E-state index contributed by atoms with van der Waals surface area (Å²) in [6.07, 6.45) is 1.64. The predicted molar refractivity (Wildman–Crippen MR) is 98.4 cm³/mol. The molecule has 3 aromatic rings. The van der Waals surface area contributed by atoms with Crippen molar-refractivity contribution in [1.29, 1.82) is 0 Å². The summed E-state index contributed by atoms with van der Waals surface area (Å²) in [5.74, 6) is 0.110. The molecule has 0 radical (unpaired) electrons. The van der Waals surface area contributed by atoms with E-state index in [1.54, 1.807) is 6.21 Å². The molecule has 0 aliphatic heterocycles. The van der Waals surface area contributed by atoms with E-state index in [0.29, 0.717) is 0 Å². The number of carbonyl (C=O) groups excluding carboxylic acids is 1. The highest BCUT2D eigenvalue weighted by Gasteiger charge is 2.09. The van der Waals surface area contributed by atoms with Gasteiger partial charge in [-0.3, -0.25) is 4.79 Å². The lowest BCUT2D eigenvalue weighted by Crippen LogP contribution is -2.19. The van der Waals surface area contributed by atoms with Crippen LogP contribution < -0.4 is 5.43 Å². The van der Waals surface area contributed by atoms with Crippen LogP contribution >= 0.6 is 11.8 Å². The zero-order valence-corrected chi connectivity index (χ0v) is 14.4. The number of benzene rings is 2. The fourth-order valence-corrected chi connectivity index (χ4v) is 3.12. The molecule has 0 aliphatic carbocycles. The number of hydrogen-bond acceptors (Lipinski definition) is 4. The minimum absolute atomic E-state index is 0.157. The second-order valence-electron chi connectivity index (χ2n) is 5.44. The number of imidazole rings is 1. The molecular formula is C18H18N4OS. The molecular weight excluding hydrogens is 320 g/mol. The standard InChI is InChI=1S/C18H18N4OS/c1-13-6-5-7-14(10-13)11-19-21-17(23)12-24-18-20-15-8-3-4-9-16(15)22(18)2/h3-11H,12H2,1-2H3,(H,21,23)/b19-11+. The van der Waals surface area contributed by atoms with E-state index in [1.807, 2.05) is 67.1 Å². The zero-order chi connectivity index (χ0) is 16.9. The average molecular weight is 338 g/mol. The molecule has 3 rings (SSSR count). The maximum Gasteiger partial charge on any atom is 0.250 e. The third-order valence-electron chi connectivity index (χ3n) is 3.52. The number of thioether (sulfide) groups is 1. The van der Waals surface area contributed by atoms with E-state index in [4.69, 9.17) is 0 Å². The molecule has 5 nitrogen and oxygen atoms in total. The fraction of sp³-hybridized carbons (Fsp3) is 0.167. The fourth-order valence-electron chi connectivity index (χ4n) is 2.34. The van der Waals surface area contributed by atoms with E-state index in [0.717, 1.165) is 27.3 Å². The molecule has 2 aromatic carbocycles. The highest BCUT2D eigenvalue weighted by molar-refractivity contribution is 7.99. The average Bonchev–Trinajstić information content (AvgIpc) is 2.90. The molecule has 0 saturated heterocycles. The van der Waals surface area contributed by atoms with Crippen molar-refractivity contribution in [1.82, 2.24) is 15.0 Å². The Morgan fingerprint density at radius 2 is 2.12 bits per heavy atom. The monoisotopic (exact) mass is 338 g/mol. The topological polar surface area (TPSA) is 59.3 Å². The number of fused-ring (bicyclic) bond motifs is 1. The Kier molecular flexibility index (Phi) is 4.96. The van der Waals surface area contributed by atoms with Crippen LogP contribution in [-0.4, -0.2) is 27.4 Å². The van der Waals surface area contributed by atoms with Gasteiger partial charge in [0, 0.05) is 7.05 Å². The van der Waals surface area contributed by atoms with E-state index in [9.17, 15) is 4.79 Å². The summed E-state index contributed by atoms with van der Waals surface area (Å²) >= 11 is 1.40. The van der Waals surface area contributed by atoms with Crippen LogP contribution in [0.3, 0.4) is 0 Å². The zero-order valence-electron chi connectivity index (χ0n) is 13.6. The van der Waals surface area contributed by atoms with Crippen molar-refractivity contribution in [3.05, 3.63) is 59.7 Å². The maximum absolute atomic E-state index is 11.9. The minimum Gasteiger partial charge on any atom is -0.322 e. The van der Waals surface area contributed by atoms with Gasteiger partial charge in [0.15, 0.2) is 5.16 Å². The first-order valence-corrected chi connectivity index (χ1v) is 8.55. The Morgan fingerprint density at radius 3 is 2.92 bits per heavy atom. The number of para-hydroxylation sites is 2. The normalized spacial score (nSPS) is 11.2. The first-order valence-electron chi connectivity index (χ1n) is 7.56. The number of nitrogens with one attached hydrogen (secondary N) is 1. The predicted octanol–water partition coefficient (Wildman–Crippen LogP) is 3.12. The maximum atomic E-state index is 11.9. The number of aromatic nitrogens is 2. The lowest BCUT2D eigenvalue weighted by molar-refractivity contribution is -0.118. The van der Waals surface area contributed by atoms with Crippen molar-refractivity contribution in [2.45, 2.75) is 12.1 Å². The quantitative estimate of drug-likeness (QED) is 0.442. The van der Waals surface area contributed by atoms with Gasteiger partial charge in [0.1, 0.15) is 0 Å². The lowest BCUT2D eigenvalue weighted by atomic mass is 10.2. The molecule has 0 aliphatic rings. The molecule has 1 aromatic heterocycles. The largest absolute Gasteiger partial charge is 0.322 e. The van der Waals surface area contributed by atoms with Crippen molar-refractivity contribution in [2.75, 3.05) is 5.75 Å². The van der Waals surface area contributed by atoms with Gasteiger partial charge in [0.05, 0.1) is 23.0 Å². The number of rotatable bonds is 5. The molecule has 1 N–H and O–H groups in total. The van der Waals surface area contributed by atoms with Gasteiger partial charge in [0.2, 0.25) is 0 Å². The second kappa shape index (κ2) is 7.31. The third kappa shape index (κ3) is 3.83. The Bertz CT molecular complexity index is 901. The molecule has 6 heteroatoms. The first kappa shape index (κ1) is 16.3. The number of carbonyl (C=O) groups is 1. The van der Waals surface area contributed by atoms with Crippen LogP contribution in [0.5, 0.6) is 0 Å². The van der Waals surface area contributed by atoms with Gasteiger partial charge in [-0.15, -0.1) is 0 Å². The first-order chi connectivity index (χ1) is 11.6. The number of amides is 1. The molecule has 0 fully saturated rings. The molecule has 0 saturated carbocycles. The summed E-state index contributed by atoms with van der Waals surface area (Å²) in [5.41, 5.74) is 6.64. The number of nitrogens with zero attached hydrogens (tertiary/aromatic N) is 3. The van der Waals surface area contributed by atoms with E-state index in [2.05, 4.69) is 15.5 Å². The molecule has 0 spiro atoms. The molecule has 0 bridgehead atoms. The molecule has 122 valence electrons. The van der Waals surface area contributed by atoms with Crippen molar-refractivity contribution < 1.29 is 4.79 Å². The van der Waals surface area contributed by atoms with Crippen LogP contribution in [-0.2, 0) is 11.8 Å². The van der Waals surface area contributed by atoms with Gasteiger partial charge in [-0.25, -0.2) is 10.4 Å². The van der Waals surface area contributed by atoms with Crippen LogP contribution in [0.4, 0.5) is 0 Å². The van der Waals surface area contributed by atoms with Crippen LogP contribution in [0.1, 0.15) is 11.1 Å². The van der Waals surface area contributed by atoms with Gasteiger partial charge in [-0.05, 0) is 24.6 Å². The number of aryl methyl sites for hydroxylation is 2. The Labute approximate surface area is 144 Å². The third-order valence-corrected chi connectivity index (χ3v) is 4.55. The molecule has 0 unspecified atom stereocenters. The van der Waals surface area contributed by atoms with Crippen molar-refractivity contribution in [2.24, 2.45) is 12.1 Å². The summed E-state index contributed by atoms with van der Waals surface area (Å²) in [4.78, 5) is 16.4. The van der Waals surface area contributed by atoms with Crippen LogP contribution in [0, 0.1) is 6.92 Å². The SMILES string of the molecule is Cc1cccc(/C=N/NC(=O)CSc2nc3ccccc3n2C)c1. The highest BCUT2D eigenvalue weighted by atomic mass is 32.2.